The molecule has 2 unspecified atom stereocenters. The van der Waals surface area contributed by atoms with Crippen molar-refractivity contribution >= 4 is 23.4 Å². The zero-order valence-electron chi connectivity index (χ0n) is 19.3. The highest BCUT2D eigenvalue weighted by atomic mass is 16.6. The molecule has 2 N–H and O–H groups in total. The van der Waals surface area contributed by atoms with Gasteiger partial charge >= 0.3 is 6.09 Å². The van der Waals surface area contributed by atoms with E-state index in [4.69, 9.17) is 10.5 Å². The minimum absolute atomic E-state index is 0.0333. The van der Waals surface area contributed by atoms with Crippen LogP contribution in [0, 0.1) is 5.92 Å². The number of hydrogen-bond donors (Lipinski definition) is 1. The van der Waals surface area contributed by atoms with E-state index in [0.29, 0.717) is 6.54 Å². The van der Waals surface area contributed by atoms with E-state index in [1.807, 2.05) is 38.7 Å². The van der Waals surface area contributed by atoms with Gasteiger partial charge in [0.2, 0.25) is 5.91 Å². The lowest BCUT2D eigenvalue weighted by atomic mass is 9.83. The topological polar surface area (TPSA) is 79.1 Å². The third kappa shape index (κ3) is 4.26. The van der Waals surface area contributed by atoms with Crippen LogP contribution in [0.4, 0.5) is 16.2 Å². The van der Waals surface area contributed by atoms with E-state index in [2.05, 4.69) is 30.9 Å². The summed E-state index contributed by atoms with van der Waals surface area (Å²) >= 11 is 0. The highest BCUT2D eigenvalue weighted by Crippen LogP contribution is 2.41. The number of ether oxygens (including phenoxy) is 1. The average molecular weight is 417 g/mol. The number of hydrogen-bond acceptors (Lipinski definition) is 5. The molecule has 1 aromatic carbocycles. The summed E-state index contributed by atoms with van der Waals surface area (Å²) in [5, 5.41) is 0. The van der Waals surface area contributed by atoms with Crippen molar-refractivity contribution < 1.29 is 14.3 Å². The summed E-state index contributed by atoms with van der Waals surface area (Å²) in [5.41, 5.74) is 9.05. The van der Waals surface area contributed by atoms with Crippen molar-refractivity contribution in [1.82, 2.24) is 4.90 Å². The molecule has 1 saturated heterocycles. The van der Waals surface area contributed by atoms with Gasteiger partial charge in [-0.2, -0.15) is 0 Å². The van der Waals surface area contributed by atoms with E-state index in [-0.39, 0.29) is 36.0 Å². The van der Waals surface area contributed by atoms with Gasteiger partial charge in [-0.1, -0.05) is 6.92 Å². The molecule has 0 spiro atoms. The van der Waals surface area contributed by atoms with Crippen molar-refractivity contribution in [2.24, 2.45) is 11.7 Å². The van der Waals surface area contributed by atoms with Crippen LogP contribution in [0.3, 0.4) is 0 Å². The molecule has 0 aliphatic carbocycles. The van der Waals surface area contributed by atoms with Gasteiger partial charge in [0, 0.05) is 56.1 Å². The number of nitrogens with zero attached hydrogens (tertiary/aromatic N) is 3. The van der Waals surface area contributed by atoms with Crippen LogP contribution in [-0.2, 0) is 9.53 Å². The molecule has 7 heteroatoms. The summed E-state index contributed by atoms with van der Waals surface area (Å²) in [7, 11) is 0. The van der Waals surface area contributed by atoms with Gasteiger partial charge in [-0.3, -0.25) is 4.79 Å². The van der Waals surface area contributed by atoms with Gasteiger partial charge in [0.15, 0.2) is 0 Å². The van der Waals surface area contributed by atoms with Gasteiger partial charge in [0.25, 0.3) is 0 Å². The second kappa shape index (κ2) is 8.10. The number of anilines is 2. The molecule has 30 heavy (non-hydrogen) atoms. The quantitative estimate of drug-likeness (QED) is 0.758. The van der Waals surface area contributed by atoms with Crippen LogP contribution in [0.15, 0.2) is 18.2 Å². The molecule has 0 saturated carbocycles. The maximum atomic E-state index is 12.5. The van der Waals surface area contributed by atoms with Crippen LogP contribution in [0.2, 0.25) is 0 Å². The molecule has 1 aromatic rings. The first-order valence-corrected chi connectivity index (χ1v) is 10.8. The highest BCUT2D eigenvalue weighted by Gasteiger charge is 2.37. The molecule has 0 radical (unpaired) electrons. The molecule has 2 aliphatic rings. The summed E-state index contributed by atoms with van der Waals surface area (Å²) in [5.74, 6) is 0.203. The minimum Gasteiger partial charge on any atom is -0.444 e. The van der Waals surface area contributed by atoms with E-state index < -0.39 is 5.60 Å². The summed E-state index contributed by atoms with van der Waals surface area (Å²) < 4.78 is 5.55. The van der Waals surface area contributed by atoms with Crippen molar-refractivity contribution in [3.05, 3.63) is 23.8 Å². The van der Waals surface area contributed by atoms with Crippen molar-refractivity contribution in [3.8, 4) is 0 Å². The van der Waals surface area contributed by atoms with Crippen LogP contribution < -0.4 is 15.5 Å². The second-order valence-corrected chi connectivity index (χ2v) is 9.73. The zero-order chi connectivity index (χ0) is 22.4. The van der Waals surface area contributed by atoms with Gasteiger partial charge in [0.1, 0.15) is 5.60 Å². The molecule has 4 atom stereocenters. The first kappa shape index (κ1) is 22.4. The fourth-order valence-corrected chi connectivity index (χ4v) is 4.50. The molecule has 2 aliphatic heterocycles. The van der Waals surface area contributed by atoms with Crippen LogP contribution >= 0.6 is 0 Å². The van der Waals surface area contributed by atoms with E-state index in [1.54, 1.807) is 11.8 Å². The Kier molecular flexibility index (Phi) is 6.05. The number of fused-ring (bicyclic) bond motifs is 1. The molecule has 0 bridgehead atoms. The zero-order valence-corrected chi connectivity index (χ0v) is 19.3. The Morgan fingerprint density at radius 3 is 2.37 bits per heavy atom. The molecule has 0 aromatic heterocycles. The molecule has 1 fully saturated rings. The Balaban J connectivity index is 1.81. The Morgan fingerprint density at radius 2 is 1.80 bits per heavy atom. The van der Waals surface area contributed by atoms with E-state index in [1.165, 1.54) is 0 Å². The molecule has 2 amide bonds. The van der Waals surface area contributed by atoms with Crippen LogP contribution in [0.5, 0.6) is 0 Å². The fourth-order valence-electron chi connectivity index (χ4n) is 4.50. The first-order chi connectivity index (χ1) is 13.9. The first-order valence-electron chi connectivity index (χ1n) is 10.8. The average Bonchev–Trinajstić information content (AvgIpc) is 2.64. The fraction of sp³-hybridized carbons (Fsp3) is 0.652. The number of piperazine rings is 1. The van der Waals surface area contributed by atoms with E-state index in [9.17, 15) is 9.59 Å². The minimum atomic E-state index is -0.501. The van der Waals surface area contributed by atoms with Crippen molar-refractivity contribution in [3.63, 3.8) is 0 Å². The Bertz CT molecular complexity index is 819. The Labute approximate surface area is 180 Å². The normalized spacial score (nSPS) is 27.0. The number of rotatable bonds is 1. The number of nitrogens with two attached hydrogens (primary N) is 1. The second-order valence-electron chi connectivity index (χ2n) is 9.73. The lowest BCUT2D eigenvalue weighted by Crippen LogP contribution is -2.55. The lowest BCUT2D eigenvalue weighted by Gasteiger charge is -2.44. The third-order valence-electron chi connectivity index (χ3n) is 6.32. The van der Waals surface area contributed by atoms with Gasteiger partial charge in [-0.05, 0) is 64.3 Å². The smallest absolute Gasteiger partial charge is 0.410 e. The largest absolute Gasteiger partial charge is 0.444 e. The molecule has 166 valence electrons. The van der Waals surface area contributed by atoms with Gasteiger partial charge in [0.05, 0.1) is 0 Å². The molecule has 3 rings (SSSR count). The predicted molar refractivity (Wildman–Crippen MR) is 120 cm³/mol. The van der Waals surface area contributed by atoms with Gasteiger partial charge < -0.3 is 25.2 Å². The number of benzene rings is 1. The van der Waals surface area contributed by atoms with Crippen molar-refractivity contribution in [2.75, 3.05) is 29.4 Å². The summed E-state index contributed by atoms with van der Waals surface area (Å²) in [6.45, 7) is 15.5. The standard InChI is InChI=1S/C23H36N4O3/c1-14-13-25(10-11-26(14)22(29)30-23(5,6)7)18-8-9-20-19(12-18)21(24)15(2)16(3)27(20)17(4)28/h8-9,12,14-16,21H,10-11,13,24H2,1-7H3/t14?,15-,16-,21?/m0/s1. The number of amides is 2. The summed E-state index contributed by atoms with van der Waals surface area (Å²) in [4.78, 5) is 30.7. The van der Waals surface area contributed by atoms with E-state index in [0.717, 1.165) is 30.0 Å². The maximum absolute atomic E-state index is 12.5. The number of carbonyl (C=O) groups is 2. The SMILES string of the molecule is CC(=O)N1c2ccc(N3CCN(C(=O)OC(C)(C)C)C(C)C3)cc2C(N)[C@@H](C)[C@@H]1C. The monoisotopic (exact) mass is 416 g/mol. The van der Waals surface area contributed by atoms with Crippen LogP contribution in [0.1, 0.15) is 60.1 Å². The predicted octanol–water partition coefficient (Wildman–Crippen LogP) is 3.52. The van der Waals surface area contributed by atoms with Gasteiger partial charge in [-0.25, -0.2) is 4.79 Å². The highest BCUT2D eigenvalue weighted by molar-refractivity contribution is 5.94. The molecular weight excluding hydrogens is 380 g/mol. The van der Waals surface area contributed by atoms with E-state index >= 15 is 0 Å². The van der Waals surface area contributed by atoms with Crippen LogP contribution in [-0.4, -0.2) is 54.2 Å². The van der Waals surface area contributed by atoms with Crippen molar-refractivity contribution in [1.29, 1.82) is 0 Å². The Hall–Kier alpha value is -2.28. The third-order valence-corrected chi connectivity index (χ3v) is 6.32. The summed E-state index contributed by atoms with van der Waals surface area (Å²) in [6.07, 6.45) is -0.262. The van der Waals surface area contributed by atoms with Gasteiger partial charge in [-0.15, -0.1) is 0 Å². The molecule has 7 nitrogen and oxygen atoms in total. The lowest BCUT2D eigenvalue weighted by molar-refractivity contribution is -0.117. The maximum Gasteiger partial charge on any atom is 0.410 e. The number of carbonyl (C=O) groups excluding carboxylic acids is 2. The van der Waals surface area contributed by atoms with Crippen molar-refractivity contribution in [2.45, 2.75) is 72.2 Å². The molecule has 2 heterocycles. The van der Waals surface area contributed by atoms with Crippen LogP contribution in [0.25, 0.3) is 0 Å². The summed E-state index contributed by atoms with van der Waals surface area (Å²) in [6, 6.07) is 6.17. The Morgan fingerprint density at radius 1 is 1.13 bits per heavy atom. The molecular formula is C23H36N4O3.